The zero-order chi connectivity index (χ0) is 79.1. The smallest absolute Gasteiger partial charge is 0.246 e. The molecule has 111 heavy (non-hydrogen) atoms. The van der Waals surface area contributed by atoms with E-state index in [4.69, 9.17) is 66.3 Å². The summed E-state index contributed by atoms with van der Waals surface area (Å²) >= 11 is 17.4. The third kappa shape index (κ3) is 21.4. The number of aliphatic hydroxyl groups excluding tert-OH is 1. The largest absolute Gasteiger partial charge is 0.391 e. The van der Waals surface area contributed by atoms with Crippen molar-refractivity contribution in [1.29, 1.82) is 0 Å². The molecule has 6 atom stereocenters. The molecule has 0 saturated carbocycles. The number of aliphatic imine (C=N–C) groups is 2. The van der Waals surface area contributed by atoms with Crippen molar-refractivity contribution in [1.82, 2.24) is 60.7 Å². The molecule has 0 radical (unpaired) electrons. The maximum absolute atomic E-state index is 14.5. The van der Waals surface area contributed by atoms with E-state index < -0.39 is 65.4 Å². The van der Waals surface area contributed by atoms with Gasteiger partial charge in [-0.2, -0.15) is 0 Å². The summed E-state index contributed by atoms with van der Waals surface area (Å²) in [6.07, 6.45) is -0.822. The number of thiazole rings is 1. The van der Waals surface area contributed by atoms with Crippen molar-refractivity contribution in [2.75, 3.05) is 112 Å². The number of aromatic nitrogens is 7. The third-order valence-corrected chi connectivity index (χ3v) is 23.3. The Kier molecular flexibility index (Phi) is 29.2. The lowest BCUT2D eigenvalue weighted by molar-refractivity contribution is -0.145. The fraction of sp³-hybridized carbons (Fsp3) is 0.494. The second-order valence-corrected chi connectivity index (χ2v) is 33.4. The van der Waals surface area contributed by atoms with E-state index in [2.05, 4.69) is 74.3 Å². The van der Waals surface area contributed by atoms with Crippen molar-refractivity contribution in [3.8, 4) is 20.4 Å². The minimum atomic E-state index is -1.08. The summed E-state index contributed by atoms with van der Waals surface area (Å²) in [6.45, 7) is 24.4. The van der Waals surface area contributed by atoms with Crippen LogP contribution in [0.15, 0.2) is 88.3 Å². The van der Waals surface area contributed by atoms with Gasteiger partial charge in [-0.05, 0) is 100 Å². The van der Waals surface area contributed by atoms with E-state index in [1.807, 2.05) is 130 Å². The first kappa shape index (κ1) is 83.8. The number of aliphatic hydroxyl groups is 1. The number of fused-ring (bicyclic) bond motifs is 6. The van der Waals surface area contributed by atoms with Crippen molar-refractivity contribution in [2.24, 2.45) is 20.8 Å². The number of β-amino-alcohol motifs (C(OH)–C–C–N with tert-alkyl or cyclic N) is 1. The van der Waals surface area contributed by atoms with Gasteiger partial charge in [-0.1, -0.05) is 99.4 Å². The average Bonchev–Trinajstić information content (AvgIpc) is 1.60. The Morgan fingerprint density at radius 3 is 1.48 bits per heavy atom. The maximum atomic E-state index is 14.5. The molecule has 11 rings (SSSR count). The van der Waals surface area contributed by atoms with Crippen molar-refractivity contribution >= 4 is 98.2 Å². The summed E-state index contributed by atoms with van der Waals surface area (Å²) in [4.78, 5) is 88.7. The van der Waals surface area contributed by atoms with Gasteiger partial charge in [0.1, 0.15) is 52.4 Å². The van der Waals surface area contributed by atoms with E-state index in [0.29, 0.717) is 33.3 Å². The summed E-state index contributed by atoms with van der Waals surface area (Å²) < 4.78 is 45.8. The van der Waals surface area contributed by atoms with Crippen molar-refractivity contribution in [2.45, 2.75) is 132 Å². The van der Waals surface area contributed by atoms with Crippen LogP contribution in [-0.2, 0) is 63.7 Å². The Labute approximate surface area is 668 Å². The van der Waals surface area contributed by atoms with Gasteiger partial charge < -0.3 is 64.4 Å². The Balaban J connectivity index is 0.622. The highest BCUT2D eigenvalue weighted by molar-refractivity contribution is 7.15. The van der Waals surface area contributed by atoms with Gasteiger partial charge in [0.25, 0.3) is 0 Å². The molecule has 594 valence electrons. The van der Waals surface area contributed by atoms with Crippen LogP contribution in [0.3, 0.4) is 0 Å². The van der Waals surface area contributed by atoms with Crippen molar-refractivity contribution in [3.63, 3.8) is 0 Å². The minimum Gasteiger partial charge on any atom is -0.391 e. The number of carbonyl (C=O) groups is 5. The van der Waals surface area contributed by atoms with Crippen LogP contribution in [0.1, 0.15) is 137 Å². The normalized spacial score (nSPS) is 16.8. The molecule has 27 nitrogen and oxygen atoms in total. The molecular weight excluding hydrogens is 1520 g/mol. The van der Waals surface area contributed by atoms with Gasteiger partial charge in [-0.25, -0.2) is 4.98 Å². The first-order valence-corrected chi connectivity index (χ1v) is 40.4. The van der Waals surface area contributed by atoms with Gasteiger partial charge in [0.05, 0.1) is 132 Å². The van der Waals surface area contributed by atoms with Gasteiger partial charge in [-0.15, -0.1) is 54.4 Å². The molecule has 1 fully saturated rings. The number of rotatable bonds is 38. The summed E-state index contributed by atoms with van der Waals surface area (Å²) in [5.41, 5.74) is 10.5. The Morgan fingerprint density at radius 2 is 1.02 bits per heavy atom. The maximum Gasteiger partial charge on any atom is 0.246 e. The number of thiophene rings is 2. The molecule has 0 bridgehead atoms. The number of benzene rings is 3. The number of aryl methyl sites for hydroxylation is 5. The molecule has 8 aromatic rings. The van der Waals surface area contributed by atoms with Crippen molar-refractivity contribution in [3.05, 3.63) is 166 Å². The van der Waals surface area contributed by atoms with Crippen molar-refractivity contribution < 1.29 is 62.2 Å². The van der Waals surface area contributed by atoms with Crippen LogP contribution in [0, 0.1) is 59.3 Å². The fourth-order valence-electron chi connectivity index (χ4n) is 13.3. The number of hydrogen-bond acceptors (Lipinski definition) is 23. The third-order valence-electron chi connectivity index (χ3n) is 19.4. The quantitative estimate of drug-likeness (QED) is 0.0225. The standard InChI is InChI=1S/C79H98Cl2N14O13S3/c1-46-49(4)110-76-66(46)68(54-16-20-57(80)21-17-54)86-60(72-91-89-51(6)94(72)76)37-63(97)82-24-26-102-28-30-104-32-34-106-42-79(11,44-108-41-65(99)88-71(78(8,9)10)75(101)93-40-59(96)36-62(93)74(100)84-39-53-12-14-56(15-13-53)70-48(3)85-45-109-70)43-107-35-33-105-31-29-103-27-25-83-64(98)38-61-73-92-90-52(7)95(73)77-67(47(2)50(5)111-77)69(87-61)55-18-22-58(81)23-19-55/h12-23,45,59-62,71,96H,24-44H2,1-11H3,(H,82,97)(H,83,98)(H,84,100)(H,88,99)/t59-,60-,61+,62+,71-,79?/m1/s1. The summed E-state index contributed by atoms with van der Waals surface area (Å²) in [7, 11) is 0. The highest BCUT2D eigenvalue weighted by Crippen LogP contribution is 2.42. The Bertz CT molecular complexity index is 4410. The number of nitrogens with one attached hydrogen (secondary N) is 4. The number of ether oxygens (including phenoxy) is 7. The van der Waals surface area contributed by atoms with Gasteiger partial charge >= 0.3 is 0 Å². The molecule has 1 unspecified atom stereocenters. The van der Waals surface area contributed by atoms with Gasteiger partial charge in [-0.3, -0.25) is 43.1 Å². The van der Waals surface area contributed by atoms with Crippen LogP contribution in [0.2, 0.25) is 10.0 Å². The summed E-state index contributed by atoms with van der Waals surface area (Å²) in [5.74, 6) is 0.678. The molecule has 5 N–H and O–H groups in total. The molecule has 1 saturated heterocycles. The fourth-order valence-corrected chi connectivity index (χ4v) is 16.8. The number of carbonyl (C=O) groups excluding carboxylic acids is 5. The number of hydrogen-bond donors (Lipinski definition) is 5. The predicted molar refractivity (Wildman–Crippen MR) is 427 cm³/mol. The van der Waals surface area contributed by atoms with Gasteiger partial charge in [0.15, 0.2) is 11.6 Å². The minimum absolute atomic E-state index is 0.0167. The molecule has 5 amide bonds. The average molecular weight is 1620 g/mol. The first-order valence-electron chi connectivity index (χ1n) is 37.1. The lowest BCUT2D eigenvalue weighted by atomic mass is 9.85. The monoisotopic (exact) mass is 1620 g/mol. The van der Waals surface area contributed by atoms with Crippen LogP contribution in [0.4, 0.5) is 0 Å². The van der Waals surface area contributed by atoms with E-state index in [1.165, 1.54) is 4.90 Å². The van der Waals surface area contributed by atoms with E-state index in [0.717, 1.165) is 86.3 Å². The zero-order valence-corrected chi connectivity index (χ0v) is 68.5. The van der Waals surface area contributed by atoms with E-state index >= 15 is 0 Å². The van der Waals surface area contributed by atoms with Gasteiger partial charge in [0, 0.05) is 80.1 Å². The second-order valence-electron chi connectivity index (χ2n) is 29.2. The van der Waals surface area contributed by atoms with E-state index in [9.17, 15) is 29.1 Å². The summed E-state index contributed by atoms with van der Waals surface area (Å²) in [5, 5.41) is 43.6. The van der Waals surface area contributed by atoms with Crippen LogP contribution < -0.4 is 21.3 Å². The van der Waals surface area contributed by atoms with Crippen LogP contribution in [0.5, 0.6) is 0 Å². The van der Waals surface area contributed by atoms with Gasteiger partial charge in [0.2, 0.25) is 29.5 Å². The first-order chi connectivity index (χ1) is 53.2. The number of amides is 5. The topological polar surface area (TPSA) is 321 Å². The lowest BCUT2D eigenvalue weighted by Gasteiger charge is -2.35. The molecular formula is C79H98Cl2N14O13S3. The molecule has 0 spiro atoms. The van der Waals surface area contributed by atoms with Crippen LogP contribution in [-0.4, -0.2) is 216 Å². The predicted octanol–water partition coefficient (Wildman–Crippen LogP) is 9.99. The van der Waals surface area contributed by atoms with Crippen LogP contribution >= 0.6 is 57.2 Å². The molecule has 32 heteroatoms. The summed E-state index contributed by atoms with van der Waals surface area (Å²) in [6, 6.07) is 19.6. The number of halogens is 2. The van der Waals surface area contributed by atoms with E-state index in [-0.39, 0.29) is 143 Å². The molecule has 3 aromatic carbocycles. The zero-order valence-electron chi connectivity index (χ0n) is 64.5. The van der Waals surface area contributed by atoms with Crippen LogP contribution in [0.25, 0.3) is 20.4 Å². The lowest BCUT2D eigenvalue weighted by Crippen LogP contribution is -2.58. The highest BCUT2D eigenvalue weighted by Gasteiger charge is 2.45. The Hall–Kier alpha value is -8.08. The number of likely N-dealkylation sites (tertiary alicyclic amines) is 1. The SMILES string of the molecule is Cc1ncsc1-c1ccc(CNC(=O)[C@@H]2C[C@@H](O)CN2C(=O)[C@@H](NC(=O)COCC(C)(COCCOCCOCCNC(=O)C[C@@H]2N=C(c3ccc(Cl)cc3)c3c(sc(C)c3C)-n3c(C)nnc32)COCCOCCOCCNC(=O)C[C@H]2N=C(c3ccc(Cl)cc3)c3c(sc(C)c3C)-n3c(C)nnc32)C(C)(C)C)cc1. The second kappa shape index (κ2) is 38.6. The molecule has 3 aliphatic rings. The van der Waals surface area contributed by atoms with E-state index in [1.54, 1.807) is 39.5 Å². The molecule has 8 heterocycles. The Morgan fingerprint density at radius 1 is 0.568 bits per heavy atom. The molecule has 3 aliphatic heterocycles. The molecule has 0 aliphatic carbocycles. The molecule has 5 aromatic heterocycles. The highest BCUT2D eigenvalue weighted by atomic mass is 35.5. The number of nitrogens with zero attached hydrogens (tertiary/aromatic N) is 10.